The van der Waals surface area contributed by atoms with Crippen LogP contribution in [0.3, 0.4) is 0 Å². The van der Waals surface area contributed by atoms with Crippen molar-refractivity contribution >= 4 is 50.8 Å². The van der Waals surface area contributed by atoms with E-state index in [4.69, 9.17) is 13.3 Å². The summed E-state index contributed by atoms with van der Waals surface area (Å²) in [7, 11) is 0. The van der Waals surface area contributed by atoms with Gasteiger partial charge in [0, 0.05) is 71.7 Å². The van der Waals surface area contributed by atoms with Gasteiger partial charge in [-0.05, 0) is 94.5 Å². The van der Waals surface area contributed by atoms with Crippen LogP contribution in [0.5, 0.6) is 0 Å². The Morgan fingerprint density at radius 1 is 0.525 bits per heavy atom. The van der Waals surface area contributed by atoms with Gasteiger partial charge in [-0.1, -0.05) is 54.6 Å². The molecule has 6 aromatic rings. The van der Waals surface area contributed by atoms with E-state index < -0.39 is 35.7 Å². The van der Waals surface area contributed by atoms with Crippen molar-refractivity contribution in [3.63, 3.8) is 0 Å². The van der Waals surface area contributed by atoms with Gasteiger partial charge in [-0.2, -0.15) is 0 Å². The Bertz CT molecular complexity index is 2240. The van der Waals surface area contributed by atoms with E-state index in [0.717, 1.165) is 88.5 Å². The summed E-state index contributed by atoms with van der Waals surface area (Å²) in [5.41, 5.74) is 4.99. The van der Waals surface area contributed by atoms with E-state index in [1.165, 1.54) is 0 Å². The second-order valence-electron chi connectivity index (χ2n) is 17.5. The minimum absolute atomic E-state index is 0.0415. The molecule has 3 saturated heterocycles. The van der Waals surface area contributed by atoms with E-state index in [0.29, 0.717) is 75.8 Å². The third-order valence-corrected chi connectivity index (χ3v) is 13.4. The maximum absolute atomic E-state index is 12.4. The highest BCUT2D eigenvalue weighted by Gasteiger charge is 2.34. The van der Waals surface area contributed by atoms with Crippen molar-refractivity contribution in [1.29, 1.82) is 0 Å². The number of carbonyl (C=O) groups is 3. The van der Waals surface area contributed by atoms with Gasteiger partial charge in [0.25, 0.3) is 0 Å². The Hall–Kier alpha value is -5.47. The van der Waals surface area contributed by atoms with Crippen LogP contribution in [0, 0.1) is 35.5 Å². The molecule has 6 atom stereocenters. The van der Waals surface area contributed by atoms with Crippen LogP contribution in [-0.4, -0.2) is 77.4 Å². The lowest BCUT2D eigenvalue weighted by atomic mass is 9.88. The predicted octanol–water partition coefficient (Wildman–Crippen LogP) is 6.69. The molecule has 0 bridgehead atoms. The van der Waals surface area contributed by atoms with Crippen LogP contribution in [0.15, 0.2) is 86.0 Å². The number of para-hydroxylation sites is 3. The molecule has 320 valence electrons. The minimum atomic E-state index is -0.811. The van der Waals surface area contributed by atoms with Crippen molar-refractivity contribution in [2.24, 2.45) is 35.5 Å². The molecule has 0 aliphatic carbocycles. The summed E-state index contributed by atoms with van der Waals surface area (Å²) in [5.74, 6) is -2.01. The van der Waals surface area contributed by atoms with Gasteiger partial charge in [0.05, 0.1) is 17.8 Å². The molecule has 61 heavy (non-hydrogen) atoms. The van der Waals surface area contributed by atoms with E-state index in [9.17, 15) is 29.7 Å². The summed E-state index contributed by atoms with van der Waals surface area (Å²) in [6, 6.07) is 24.0. The summed E-state index contributed by atoms with van der Waals surface area (Å²) >= 11 is 0. The molecule has 0 amide bonds. The normalized spacial score (nSPS) is 20.9. The highest BCUT2D eigenvalue weighted by atomic mass is 16.4. The molecule has 6 heterocycles. The minimum Gasteiger partial charge on any atom is -0.481 e. The Labute approximate surface area is 353 Å². The quantitative estimate of drug-likeness (QED) is 0.0538. The van der Waals surface area contributed by atoms with E-state index >= 15 is 0 Å². The van der Waals surface area contributed by atoms with Crippen LogP contribution >= 0.6 is 0 Å². The van der Waals surface area contributed by atoms with Crippen molar-refractivity contribution in [3.05, 3.63) is 107 Å². The molecule has 0 radical (unpaired) electrons. The lowest BCUT2D eigenvalue weighted by Crippen LogP contribution is -2.27. The number of furan rings is 3. The SMILES string of the molecule is O=C(O)C(Cc1cc2cccc(CN(Cc3cccc4cc(CC(C(=O)O)C5CCNC5)oc34)Cc3cccc4cc(CC(C(=O)O)C5CCNC5)oc34)c2o1)C1CCNC1. The number of rotatable bonds is 18. The Morgan fingerprint density at radius 2 is 0.836 bits per heavy atom. The zero-order valence-corrected chi connectivity index (χ0v) is 34.2. The molecule has 13 nitrogen and oxygen atoms in total. The molecule has 3 aromatic carbocycles. The topological polar surface area (TPSA) is 191 Å². The molecule has 0 saturated carbocycles. The zero-order chi connectivity index (χ0) is 42.0. The van der Waals surface area contributed by atoms with Gasteiger partial charge >= 0.3 is 17.9 Å². The van der Waals surface area contributed by atoms with Gasteiger partial charge in [0.2, 0.25) is 0 Å². The molecular weight excluding hydrogens is 777 g/mol. The number of carboxylic acids is 3. The average Bonchev–Trinajstić information content (AvgIpc) is 4.08. The van der Waals surface area contributed by atoms with Crippen LogP contribution in [0.2, 0.25) is 0 Å². The third kappa shape index (κ3) is 8.97. The molecular formula is C48H54N4O9. The van der Waals surface area contributed by atoms with Gasteiger partial charge in [-0.25, -0.2) is 0 Å². The van der Waals surface area contributed by atoms with E-state index in [1.54, 1.807) is 0 Å². The average molecular weight is 831 g/mol. The second-order valence-corrected chi connectivity index (χ2v) is 17.5. The highest BCUT2D eigenvalue weighted by Crippen LogP contribution is 2.34. The Morgan fingerprint density at radius 3 is 1.10 bits per heavy atom. The number of hydrogen-bond donors (Lipinski definition) is 6. The number of nitrogens with one attached hydrogen (secondary N) is 3. The predicted molar refractivity (Wildman–Crippen MR) is 229 cm³/mol. The number of aliphatic carboxylic acids is 3. The largest absolute Gasteiger partial charge is 0.481 e. The maximum atomic E-state index is 12.4. The summed E-state index contributed by atoms with van der Waals surface area (Å²) in [6.07, 6.45) is 3.39. The van der Waals surface area contributed by atoms with Gasteiger partial charge in [0.15, 0.2) is 0 Å². The zero-order valence-electron chi connectivity index (χ0n) is 34.2. The van der Waals surface area contributed by atoms with Gasteiger partial charge < -0.3 is 44.5 Å². The molecule has 3 fully saturated rings. The first-order chi connectivity index (χ1) is 29.7. The number of fused-ring (bicyclic) bond motifs is 3. The summed E-state index contributed by atoms with van der Waals surface area (Å²) in [4.78, 5) is 39.5. The van der Waals surface area contributed by atoms with Crippen LogP contribution < -0.4 is 16.0 Å². The van der Waals surface area contributed by atoms with Crippen molar-refractivity contribution in [2.45, 2.75) is 58.2 Å². The molecule has 3 aliphatic heterocycles. The van der Waals surface area contributed by atoms with Crippen molar-refractivity contribution in [3.8, 4) is 0 Å². The molecule has 3 aromatic heterocycles. The fourth-order valence-electron chi connectivity index (χ4n) is 10.2. The first-order valence-corrected chi connectivity index (χ1v) is 21.7. The molecule has 0 spiro atoms. The second kappa shape index (κ2) is 17.9. The highest BCUT2D eigenvalue weighted by molar-refractivity contribution is 5.84. The van der Waals surface area contributed by atoms with E-state index in [-0.39, 0.29) is 17.8 Å². The van der Waals surface area contributed by atoms with Crippen LogP contribution in [-0.2, 0) is 53.3 Å². The monoisotopic (exact) mass is 830 g/mol. The molecule has 13 heteroatoms. The number of hydrogen-bond acceptors (Lipinski definition) is 10. The lowest BCUT2D eigenvalue weighted by Gasteiger charge is -2.23. The third-order valence-electron chi connectivity index (χ3n) is 13.4. The fraction of sp³-hybridized carbons (Fsp3) is 0.438. The van der Waals surface area contributed by atoms with E-state index in [2.05, 4.69) is 20.9 Å². The number of nitrogens with zero attached hydrogens (tertiary/aromatic N) is 1. The van der Waals surface area contributed by atoms with E-state index in [1.807, 2.05) is 72.8 Å². The fourth-order valence-corrected chi connectivity index (χ4v) is 10.2. The summed E-state index contributed by atoms with van der Waals surface area (Å²) < 4.78 is 19.6. The molecule has 9 rings (SSSR count). The van der Waals surface area contributed by atoms with Crippen molar-refractivity contribution in [2.75, 3.05) is 39.3 Å². The molecule has 6 unspecified atom stereocenters. The lowest BCUT2D eigenvalue weighted by molar-refractivity contribution is -0.144. The summed E-state index contributed by atoms with van der Waals surface area (Å²) in [5, 5.41) is 43.1. The van der Waals surface area contributed by atoms with Crippen LogP contribution in [0.1, 0.15) is 53.2 Å². The van der Waals surface area contributed by atoms with Gasteiger partial charge in [0.1, 0.15) is 34.0 Å². The molecule has 3 aliphatic rings. The number of carboxylic acid groups (broad SMARTS) is 3. The van der Waals surface area contributed by atoms with Gasteiger partial charge in [-0.3, -0.25) is 19.3 Å². The van der Waals surface area contributed by atoms with Crippen LogP contribution in [0.4, 0.5) is 0 Å². The smallest absolute Gasteiger partial charge is 0.307 e. The Kier molecular flexibility index (Phi) is 12.0. The first-order valence-electron chi connectivity index (χ1n) is 21.7. The van der Waals surface area contributed by atoms with Crippen LogP contribution in [0.25, 0.3) is 32.9 Å². The first kappa shape index (κ1) is 40.9. The number of benzene rings is 3. The maximum Gasteiger partial charge on any atom is 0.307 e. The van der Waals surface area contributed by atoms with Crippen molar-refractivity contribution < 1.29 is 43.0 Å². The standard InChI is InChI=1S/C48H54N4O9/c53-46(54)40(31-10-13-49-22-31)19-37-16-28-4-1-7-34(43(28)59-37)25-52(26-35-8-2-5-29-17-38(60-44(29)35)20-41(47(55)56)32-11-14-50-23-32)27-36-9-3-6-30-18-39(61-45(30)36)21-42(48(57)58)33-12-15-51-24-33/h1-9,16-18,31-33,40-42,49-51H,10-15,19-27H2,(H,53,54)(H,55,56)(H,57,58). The Balaban J connectivity index is 1.04. The van der Waals surface area contributed by atoms with Gasteiger partial charge in [-0.15, -0.1) is 0 Å². The van der Waals surface area contributed by atoms with Crippen molar-refractivity contribution in [1.82, 2.24) is 20.9 Å². The molecule has 6 N–H and O–H groups in total. The summed E-state index contributed by atoms with van der Waals surface area (Å²) in [6.45, 7) is 5.91.